The van der Waals surface area contributed by atoms with Crippen LogP contribution in [0.1, 0.15) is 22.9 Å². The zero-order valence-electron chi connectivity index (χ0n) is 18.1. The molecular formula is C24H14Cl2F2N8. The number of aromatic nitrogens is 5. The Morgan fingerprint density at radius 2 is 1.89 bits per heavy atom. The van der Waals surface area contributed by atoms with Crippen molar-refractivity contribution in [1.29, 1.82) is 5.26 Å². The van der Waals surface area contributed by atoms with Crippen LogP contribution < -0.4 is 10.6 Å². The molecule has 36 heavy (non-hydrogen) atoms. The van der Waals surface area contributed by atoms with Gasteiger partial charge in [-0.2, -0.15) is 9.65 Å². The number of nitrogens with one attached hydrogen (secondary N) is 3. The zero-order valence-corrected chi connectivity index (χ0v) is 19.6. The highest BCUT2D eigenvalue weighted by atomic mass is 35.5. The average molecular weight is 523 g/mol. The summed E-state index contributed by atoms with van der Waals surface area (Å²) in [5.41, 5.74) is 2.88. The average Bonchev–Trinajstić information content (AvgIpc) is 3.40. The lowest BCUT2D eigenvalue weighted by Crippen LogP contribution is -2.14. The molecule has 0 spiro atoms. The lowest BCUT2D eigenvalue weighted by Gasteiger charge is -2.21. The Balaban J connectivity index is 1.65. The van der Waals surface area contributed by atoms with Gasteiger partial charge in [0.2, 0.25) is 5.95 Å². The van der Waals surface area contributed by atoms with Crippen LogP contribution in [0, 0.1) is 23.1 Å². The summed E-state index contributed by atoms with van der Waals surface area (Å²) in [7, 11) is 0. The molecule has 0 fully saturated rings. The molecule has 5 rings (SSSR count). The minimum atomic E-state index is -1.23. The summed E-state index contributed by atoms with van der Waals surface area (Å²) < 4.78 is 27.1. The quantitative estimate of drug-likeness (QED) is 0.229. The van der Waals surface area contributed by atoms with Crippen molar-refractivity contribution in [2.45, 2.75) is 6.04 Å². The number of hydrogen-bond acceptors (Lipinski definition) is 7. The Hall–Kier alpha value is -4.33. The number of rotatable bonds is 6. The molecule has 0 saturated carbocycles. The van der Waals surface area contributed by atoms with Gasteiger partial charge in [0.1, 0.15) is 11.8 Å². The highest BCUT2D eigenvalue weighted by Gasteiger charge is 2.22. The number of nitrogens with zero attached hydrogens (tertiary/aromatic N) is 5. The van der Waals surface area contributed by atoms with Crippen LogP contribution in [-0.2, 0) is 0 Å². The first-order valence-electron chi connectivity index (χ1n) is 10.4. The van der Waals surface area contributed by atoms with Crippen molar-refractivity contribution in [3.63, 3.8) is 0 Å². The van der Waals surface area contributed by atoms with Gasteiger partial charge in [-0.1, -0.05) is 46.6 Å². The first-order valence-corrected chi connectivity index (χ1v) is 11.2. The second-order valence-electron chi connectivity index (χ2n) is 7.63. The molecule has 1 atom stereocenters. The van der Waals surface area contributed by atoms with Gasteiger partial charge in [0.05, 0.1) is 40.4 Å². The maximum Gasteiger partial charge on any atom is 0.249 e. The van der Waals surface area contributed by atoms with Crippen LogP contribution in [0.4, 0.5) is 25.8 Å². The first kappa shape index (κ1) is 23.4. The smallest absolute Gasteiger partial charge is 0.249 e. The van der Waals surface area contributed by atoms with E-state index in [4.69, 9.17) is 23.2 Å². The summed E-state index contributed by atoms with van der Waals surface area (Å²) in [6.45, 7) is 0. The second-order valence-corrected chi connectivity index (χ2v) is 8.47. The third kappa shape index (κ3) is 4.49. The number of aromatic amines is 1. The number of hydrogen-bond donors (Lipinski definition) is 3. The van der Waals surface area contributed by atoms with Crippen LogP contribution >= 0.6 is 23.2 Å². The summed E-state index contributed by atoms with van der Waals surface area (Å²) in [6.07, 6.45) is 4.13. The van der Waals surface area contributed by atoms with E-state index in [-0.39, 0.29) is 11.3 Å². The number of anilines is 3. The van der Waals surface area contributed by atoms with Crippen molar-refractivity contribution in [2.75, 3.05) is 10.6 Å². The van der Waals surface area contributed by atoms with Crippen molar-refractivity contribution < 1.29 is 8.78 Å². The van der Waals surface area contributed by atoms with Gasteiger partial charge < -0.3 is 10.6 Å². The molecule has 3 N–H and O–H groups in total. The molecule has 5 aromatic rings. The van der Waals surface area contributed by atoms with E-state index in [2.05, 4.69) is 42.1 Å². The number of benzene rings is 2. The molecule has 0 aliphatic carbocycles. The summed E-state index contributed by atoms with van der Waals surface area (Å²) in [4.78, 5) is 7.85. The Labute approximate surface area is 212 Å². The van der Waals surface area contributed by atoms with E-state index >= 15 is 0 Å². The summed E-state index contributed by atoms with van der Waals surface area (Å²) in [5.74, 6) is -2.36. The number of nitriles is 1. The molecule has 0 aliphatic heterocycles. The van der Waals surface area contributed by atoms with Gasteiger partial charge >= 0.3 is 0 Å². The summed E-state index contributed by atoms with van der Waals surface area (Å²) in [6, 6.07) is 13.0. The molecule has 12 heteroatoms. The molecule has 0 unspecified atom stereocenters. The van der Waals surface area contributed by atoms with Crippen LogP contribution in [0.3, 0.4) is 0 Å². The van der Waals surface area contributed by atoms with Gasteiger partial charge in [-0.15, -0.1) is 5.10 Å². The predicted molar refractivity (Wildman–Crippen MR) is 132 cm³/mol. The van der Waals surface area contributed by atoms with Gasteiger partial charge in [0, 0.05) is 33.9 Å². The first-order chi connectivity index (χ1) is 17.4. The number of H-pyrrole nitrogens is 1. The molecule has 178 valence electrons. The number of fused-ring (bicyclic) bond motifs is 1. The molecule has 0 aliphatic rings. The van der Waals surface area contributed by atoms with Crippen molar-refractivity contribution >= 4 is 51.2 Å². The van der Waals surface area contributed by atoms with Gasteiger partial charge in [0.25, 0.3) is 0 Å². The Bertz CT molecular complexity index is 1620. The molecule has 8 nitrogen and oxygen atoms in total. The van der Waals surface area contributed by atoms with E-state index < -0.39 is 17.8 Å². The van der Waals surface area contributed by atoms with Gasteiger partial charge in [-0.25, -0.2) is 9.37 Å². The number of pyridine rings is 2. The minimum absolute atomic E-state index is 0.143. The van der Waals surface area contributed by atoms with E-state index in [1.54, 1.807) is 24.4 Å². The Morgan fingerprint density at radius 3 is 2.61 bits per heavy atom. The van der Waals surface area contributed by atoms with Gasteiger partial charge in [0.15, 0.2) is 5.82 Å². The predicted octanol–water partition coefficient (Wildman–Crippen LogP) is 6.15. The topological polar surface area (TPSA) is 115 Å². The molecule has 3 heterocycles. The van der Waals surface area contributed by atoms with Gasteiger partial charge in [-0.3, -0.25) is 10.1 Å². The third-order valence-corrected chi connectivity index (χ3v) is 5.93. The van der Waals surface area contributed by atoms with E-state index in [0.29, 0.717) is 38.0 Å². The fraction of sp³-hybridized carbons (Fsp3) is 0.0417. The Kier molecular flexibility index (Phi) is 6.33. The maximum atomic E-state index is 13.8. The summed E-state index contributed by atoms with van der Waals surface area (Å²) >= 11 is 12.9. The van der Waals surface area contributed by atoms with E-state index in [1.807, 2.05) is 18.2 Å². The largest absolute Gasteiger partial charge is 0.371 e. The summed E-state index contributed by atoms with van der Waals surface area (Å²) in [5, 5.41) is 28.0. The van der Waals surface area contributed by atoms with Crippen LogP contribution in [0.15, 0.2) is 61.1 Å². The molecule has 0 radical (unpaired) electrons. The fourth-order valence-corrected chi connectivity index (χ4v) is 4.22. The van der Waals surface area contributed by atoms with Crippen LogP contribution in [0.2, 0.25) is 10.0 Å². The zero-order chi connectivity index (χ0) is 25.2. The van der Waals surface area contributed by atoms with E-state index in [9.17, 15) is 14.0 Å². The lowest BCUT2D eigenvalue weighted by molar-refractivity contribution is 0.480. The van der Waals surface area contributed by atoms with Crippen molar-refractivity contribution in [2.24, 2.45) is 0 Å². The SMILES string of the molecule is N#Cc1cnc2c(N[C@H](c3c[nH]nn3)c3ccccc3Cl)cc(Cl)cc2c1Nc1cnc(F)c(F)c1. The normalized spacial score (nSPS) is 11.8. The fourth-order valence-electron chi connectivity index (χ4n) is 3.76. The van der Waals surface area contributed by atoms with Crippen molar-refractivity contribution in [1.82, 2.24) is 25.4 Å². The minimum Gasteiger partial charge on any atom is -0.371 e. The molecular weight excluding hydrogens is 509 g/mol. The monoisotopic (exact) mass is 522 g/mol. The van der Waals surface area contributed by atoms with Crippen LogP contribution in [-0.4, -0.2) is 25.4 Å². The van der Waals surface area contributed by atoms with E-state index in [1.165, 1.54) is 6.20 Å². The number of halogens is 4. The molecule has 0 saturated heterocycles. The van der Waals surface area contributed by atoms with Crippen molar-refractivity contribution in [3.05, 3.63) is 99.7 Å². The van der Waals surface area contributed by atoms with Crippen LogP contribution in [0.5, 0.6) is 0 Å². The highest BCUT2D eigenvalue weighted by Crippen LogP contribution is 2.38. The standard InChI is InChI=1S/C24H14Cl2F2N8/c25-13-5-16-21(33-14-7-18(27)24(28)31-10-14)12(8-29)9-30-22(16)19(6-13)34-23(20-11-32-36-35-20)15-3-1-2-4-17(15)26/h1-7,9-11,23,34H,(H,30,33)(H,32,35,36)/t23-/m0/s1. The Morgan fingerprint density at radius 1 is 1.06 bits per heavy atom. The molecule has 0 amide bonds. The van der Waals surface area contributed by atoms with Crippen molar-refractivity contribution in [3.8, 4) is 6.07 Å². The molecule has 3 aromatic heterocycles. The van der Waals surface area contributed by atoms with Crippen LogP contribution in [0.25, 0.3) is 10.9 Å². The molecule has 0 bridgehead atoms. The second kappa shape index (κ2) is 9.73. The lowest BCUT2D eigenvalue weighted by atomic mass is 10.0. The van der Waals surface area contributed by atoms with Gasteiger partial charge in [-0.05, 0) is 23.8 Å². The maximum absolute atomic E-state index is 13.8. The molecule has 2 aromatic carbocycles. The third-order valence-electron chi connectivity index (χ3n) is 5.37. The van der Waals surface area contributed by atoms with E-state index in [0.717, 1.165) is 17.8 Å². The highest BCUT2D eigenvalue weighted by molar-refractivity contribution is 6.32.